The summed E-state index contributed by atoms with van der Waals surface area (Å²) in [5.41, 5.74) is 15.5. The van der Waals surface area contributed by atoms with E-state index in [0.29, 0.717) is 0 Å². The lowest BCUT2D eigenvalue weighted by atomic mass is 9.79. The summed E-state index contributed by atoms with van der Waals surface area (Å²) in [6, 6.07) is 77.0. The second-order valence-electron chi connectivity index (χ2n) is 16.7. The van der Waals surface area contributed by atoms with Gasteiger partial charge in [0.1, 0.15) is 0 Å². The van der Waals surface area contributed by atoms with Crippen molar-refractivity contribution in [3.63, 3.8) is 0 Å². The van der Waals surface area contributed by atoms with Crippen LogP contribution in [0.2, 0.25) is 0 Å². The van der Waals surface area contributed by atoms with Gasteiger partial charge in [-0.15, -0.1) is 0 Å². The van der Waals surface area contributed by atoms with Gasteiger partial charge in [0.15, 0.2) is 0 Å². The summed E-state index contributed by atoms with van der Waals surface area (Å²) >= 11 is 0. The molecule has 0 spiro atoms. The van der Waals surface area contributed by atoms with Crippen LogP contribution < -0.4 is 0 Å². The van der Waals surface area contributed by atoms with Crippen LogP contribution >= 0.6 is 0 Å². The van der Waals surface area contributed by atoms with Crippen LogP contribution in [-0.4, -0.2) is 0 Å². The predicted octanol–water partition coefficient (Wildman–Crippen LogP) is 16.4. The largest absolute Gasteiger partial charge is 0.0622 e. The van der Waals surface area contributed by atoms with Gasteiger partial charge >= 0.3 is 0 Å². The summed E-state index contributed by atoms with van der Waals surface area (Å²) in [6.45, 7) is 4.75. The second-order valence-corrected chi connectivity index (χ2v) is 16.7. The maximum absolute atomic E-state index is 2.48. The highest BCUT2D eigenvalue weighted by molar-refractivity contribution is 6.30. The molecule has 0 radical (unpaired) electrons. The minimum atomic E-state index is -0.0848. The lowest BCUT2D eigenvalue weighted by Crippen LogP contribution is -2.14. The zero-order chi connectivity index (χ0) is 39.2. The topological polar surface area (TPSA) is 0 Å². The molecular formula is C59H40. The van der Waals surface area contributed by atoms with E-state index < -0.39 is 0 Å². The molecule has 0 aliphatic heterocycles. The fourth-order valence-electron chi connectivity index (χ4n) is 10.6. The van der Waals surface area contributed by atoms with E-state index in [4.69, 9.17) is 0 Å². The average molecular weight is 749 g/mol. The van der Waals surface area contributed by atoms with Gasteiger partial charge in [-0.3, -0.25) is 0 Å². The number of hydrogen-bond donors (Lipinski definition) is 0. The van der Waals surface area contributed by atoms with Gasteiger partial charge in [0.25, 0.3) is 0 Å². The Kier molecular flexibility index (Phi) is 7.38. The summed E-state index contributed by atoms with van der Waals surface area (Å²) in [6.07, 6.45) is 0. The summed E-state index contributed by atoms with van der Waals surface area (Å²) in [4.78, 5) is 0. The first-order valence-corrected chi connectivity index (χ1v) is 20.8. The van der Waals surface area contributed by atoms with Crippen LogP contribution in [0.3, 0.4) is 0 Å². The smallest absolute Gasteiger partial charge is 0.0159 e. The molecule has 0 saturated carbocycles. The number of hydrogen-bond acceptors (Lipinski definition) is 0. The monoisotopic (exact) mass is 748 g/mol. The van der Waals surface area contributed by atoms with Crippen molar-refractivity contribution < 1.29 is 0 Å². The van der Waals surface area contributed by atoms with Crippen LogP contribution in [0.5, 0.6) is 0 Å². The Labute approximate surface area is 344 Å². The molecule has 11 aromatic carbocycles. The van der Waals surface area contributed by atoms with Crippen molar-refractivity contribution in [3.8, 4) is 55.6 Å². The Morgan fingerprint density at radius 2 is 0.661 bits per heavy atom. The van der Waals surface area contributed by atoms with Crippen molar-refractivity contribution >= 4 is 53.9 Å². The Hall–Kier alpha value is -7.28. The SMILES string of the molecule is CC1(C)c2ccccc2-c2ccc(-c3c4ccccc4c(-c4c5ccccc5c(-c5cc6ccccc6cc5-c5ccccc5)c5ccccc45)c4ccccc34)cc21. The van der Waals surface area contributed by atoms with Crippen molar-refractivity contribution in [2.24, 2.45) is 0 Å². The van der Waals surface area contributed by atoms with Crippen molar-refractivity contribution in [1.29, 1.82) is 0 Å². The molecule has 0 unspecified atom stereocenters. The van der Waals surface area contributed by atoms with Gasteiger partial charge < -0.3 is 0 Å². The molecule has 0 nitrogen and oxygen atoms in total. The van der Waals surface area contributed by atoms with Crippen molar-refractivity contribution in [2.45, 2.75) is 19.3 Å². The van der Waals surface area contributed by atoms with E-state index in [1.807, 2.05) is 0 Å². The Morgan fingerprint density at radius 1 is 0.254 bits per heavy atom. The van der Waals surface area contributed by atoms with Crippen LogP contribution in [-0.2, 0) is 5.41 Å². The molecular weight excluding hydrogens is 709 g/mol. The van der Waals surface area contributed by atoms with Gasteiger partial charge in [0.2, 0.25) is 0 Å². The lowest BCUT2D eigenvalue weighted by molar-refractivity contribution is 0.660. The molecule has 0 heterocycles. The number of benzene rings is 11. The van der Waals surface area contributed by atoms with Crippen molar-refractivity contribution in [2.75, 3.05) is 0 Å². The first-order valence-electron chi connectivity index (χ1n) is 20.8. The standard InChI is InChI=1S/C59H40/c1-59(2)53-31-17-16-22-41(53)42-33-32-40(36-54(42)59)55-43-23-8-12-27-47(43)57(48-28-13-9-24-44(48)55)58-49-29-14-10-25-45(49)56(46-26-11-15-30-50(46)58)52-35-39-21-7-6-20-38(39)34-51(52)37-18-4-3-5-19-37/h3-36H,1-2H3. The quantitative estimate of drug-likeness (QED) is 0.157. The van der Waals surface area contributed by atoms with Gasteiger partial charge in [-0.25, -0.2) is 0 Å². The van der Waals surface area contributed by atoms with E-state index in [1.54, 1.807) is 0 Å². The minimum absolute atomic E-state index is 0.0848. The Balaban J connectivity index is 1.18. The normalized spacial score (nSPS) is 13.1. The molecule has 276 valence electrons. The first-order chi connectivity index (χ1) is 29.1. The van der Waals surface area contributed by atoms with E-state index in [0.717, 1.165) is 0 Å². The molecule has 0 amide bonds. The van der Waals surface area contributed by atoms with E-state index in [9.17, 15) is 0 Å². The van der Waals surface area contributed by atoms with Gasteiger partial charge in [-0.05, 0) is 139 Å². The minimum Gasteiger partial charge on any atom is -0.0622 e. The van der Waals surface area contributed by atoms with E-state index >= 15 is 0 Å². The van der Waals surface area contributed by atoms with Crippen LogP contribution in [0.25, 0.3) is 109 Å². The molecule has 12 rings (SSSR count). The van der Waals surface area contributed by atoms with Gasteiger partial charge in [0, 0.05) is 5.41 Å². The van der Waals surface area contributed by atoms with E-state index in [1.165, 1.54) is 121 Å². The first kappa shape index (κ1) is 33.8. The van der Waals surface area contributed by atoms with Crippen LogP contribution in [0.15, 0.2) is 206 Å². The maximum Gasteiger partial charge on any atom is 0.0159 e. The van der Waals surface area contributed by atoms with Gasteiger partial charge in [-0.2, -0.15) is 0 Å². The fraction of sp³-hybridized carbons (Fsp3) is 0.0508. The highest BCUT2D eigenvalue weighted by Crippen LogP contribution is 2.53. The van der Waals surface area contributed by atoms with Crippen LogP contribution in [0.1, 0.15) is 25.0 Å². The highest BCUT2D eigenvalue weighted by Gasteiger charge is 2.35. The highest BCUT2D eigenvalue weighted by atomic mass is 14.4. The van der Waals surface area contributed by atoms with Crippen molar-refractivity contribution in [3.05, 3.63) is 217 Å². The Morgan fingerprint density at radius 3 is 1.20 bits per heavy atom. The third-order valence-corrected chi connectivity index (χ3v) is 13.2. The summed E-state index contributed by atoms with van der Waals surface area (Å²) < 4.78 is 0. The average Bonchev–Trinajstić information content (AvgIpc) is 3.52. The van der Waals surface area contributed by atoms with Gasteiger partial charge in [0.05, 0.1) is 0 Å². The summed E-state index contributed by atoms with van der Waals surface area (Å²) in [5, 5.41) is 12.6. The molecule has 0 N–H and O–H groups in total. The molecule has 0 heteroatoms. The van der Waals surface area contributed by atoms with Crippen molar-refractivity contribution in [1.82, 2.24) is 0 Å². The molecule has 0 fully saturated rings. The lowest BCUT2D eigenvalue weighted by Gasteiger charge is -2.24. The molecule has 0 saturated heterocycles. The molecule has 0 aromatic heterocycles. The zero-order valence-electron chi connectivity index (χ0n) is 33.1. The van der Waals surface area contributed by atoms with Crippen LogP contribution in [0.4, 0.5) is 0 Å². The third-order valence-electron chi connectivity index (χ3n) is 13.2. The molecule has 0 atom stereocenters. The molecule has 0 bridgehead atoms. The number of fused-ring (bicyclic) bond motifs is 8. The third kappa shape index (κ3) is 4.96. The van der Waals surface area contributed by atoms with Crippen LogP contribution in [0, 0.1) is 0 Å². The zero-order valence-corrected chi connectivity index (χ0v) is 33.1. The molecule has 1 aliphatic carbocycles. The fourth-order valence-corrected chi connectivity index (χ4v) is 10.6. The maximum atomic E-state index is 2.48. The van der Waals surface area contributed by atoms with E-state index in [-0.39, 0.29) is 5.41 Å². The predicted molar refractivity (Wildman–Crippen MR) is 253 cm³/mol. The number of rotatable bonds is 4. The summed E-state index contributed by atoms with van der Waals surface area (Å²) in [5.74, 6) is 0. The Bertz CT molecular complexity index is 3400. The van der Waals surface area contributed by atoms with Gasteiger partial charge in [-0.1, -0.05) is 202 Å². The summed E-state index contributed by atoms with van der Waals surface area (Å²) in [7, 11) is 0. The second kappa shape index (κ2) is 12.9. The molecule has 1 aliphatic rings. The van der Waals surface area contributed by atoms with E-state index in [2.05, 4.69) is 220 Å². The molecule has 59 heavy (non-hydrogen) atoms. The molecule has 11 aromatic rings.